The van der Waals surface area contributed by atoms with Gasteiger partial charge >= 0.3 is 5.97 Å². The summed E-state index contributed by atoms with van der Waals surface area (Å²) in [6, 6.07) is 6.01. The van der Waals surface area contributed by atoms with Gasteiger partial charge in [0.2, 0.25) is 12.7 Å². The van der Waals surface area contributed by atoms with Gasteiger partial charge in [-0.05, 0) is 37.5 Å². The lowest BCUT2D eigenvalue weighted by atomic mass is 10.1. The number of thioether (sulfide) groups is 1. The van der Waals surface area contributed by atoms with Gasteiger partial charge in [-0.25, -0.2) is 0 Å². The van der Waals surface area contributed by atoms with Crippen LogP contribution in [0, 0.1) is 0 Å². The van der Waals surface area contributed by atoms with Gasteiger partial charge < -0.3 is 24.0 Å². The monoisotopic (exact) mass is 539 g/mol. The molecular formula is C27H41NO6S2. The largest absolute Gasteiger partial charge is 0.616 e. The number of benzene rings is 1. The van der Waals surface area contributed by atoms with Crippen molar-refractivity contribution in [2.75, 3.05) is 18.3 Å². The van der Waals surface area contributed by atoms with Crippen LogP contribution in [-0.4, -0.2) is 55.4 Å². The predicted molar refractivity (Wildman–Crippen MR) is 147 cm³/mol. The second kappa shape index (κ2) is 16.8. The van der Waals surface area contributed by atoms with Crippen LogP contribution in [0.5, 0.6) is 11.5 Å². The Bertz CT molecular complexity index is 850. The highest BCUT2D eigenvalue weighted by molar-refractivity contribution is 8.00. The van der Waals surface area contributed by atoms with Crippen molar-refractivity contribution in [2.45, 2.75) is 89.2 Å². The van der Waals surface area contributed by atoms with E-state index in [1.54, 1.807) is 11.8 Å². The summed E-state index contributed by atoms with van der Waals surface area (Å²) in [7, 11) is 0. The van der Waals surface area contributed by atoms with Crippen molar-refractivity contribution in [1.29, 1.82) is 0 Å². The Labute approximate surface area is 223 Å². The lowest BCUT2D eigenvalue weighted by Gasteiger charge is -2.39. The molecule has 36 heavy (non-hydrogen) atoms. The molecule has 3 aliphatic rings. The number of nitrogens with zero attached hydrogens (tertiary/aromatic N) is 1. The number of unbranched alkanes of at least 4 members (excludes halogenated alkanes) is 5. The van der Waals surface area contributed by atoms with Crippen LogP contribution in [-0.2, 0) is 27.2 Å². The number of hydrogen-bond donors (Lipinski definition) is 1. The van der Waals surface area contributed by atoms with E-state index in [0.717, 1.165) is 42.3 Å². The third kappa shape index (κ3) is 10.6. The predicted octanol–water partition coefficient (Wildman–Crippen LogP) is 5.74. The van der Waals surface area contributed by atoms with Crippen LogP contribution in [0.3, 0.4) is 0 Å². The maximum atomic E-state index is 12.3. The second-order valence-electron chi connectivity index (χ2n) is 8.98. The number of amides is 1. The Morgan fingerprint density at radius 3 is 2.53 bits per heavy atom. The van der Waals surface area contributed by atoms with E-state index in [0.29, 0.717) is 12.2 Å². The zero-order valence-electron chi connectivity index (χ0n) is 21.8. The number of β-lactam (4-membered cyclic amide) rings is 1. The topological polar surface area (TPSA) is 99.1 Å². The first-order valence-corrected chi connectivity index (χ1v) is 15.4. The van der Waals surface area contributed by atoms with Gasteiger partial charge in [-0.1, -0.05) is 62.8 Å². The minimum Gasteiger partial charge on any atom is -0.616 e. The minimum absolute atomic E-state index is 0.191. The van der Waals surface area contributed by atoms with Crippen molar-refractivity contribution < 1.29 is 28.7 Å². The van der Waals surface area contributed by atoms with Crippen LogP contribution < -0.4 is 9.47 Å². The molecule has 4 rings (SSSR count). The van der Waals surface area contributed by atoms with Gasteiger partial charge in [0.05, 0.1) is 11.8 Å². The van der Waals surface area contributed by atoms with Crippen molar-refractivity contribution in [2.24, 2.45) is 0 Å². The highest BCUT2D eigenvalue weighted by Crippen LogP contribution is 2.33. The van der Waals surface area contributed by atoms with Crippen molar-refractivity contribution in [1.82, 2.24) is 4.90 Å². The molecule has 1 aromatic carbocycles. The molecule has 0 aliphatic carbocycles. The van der Waals surface area contributed by atoms with Crippen LogP contribution in [0.4, 0.5) is 0 Å². The number of ether oxygens (including phenoxy) is 2. The van der Waals surface area contributed by atoms with Crippen molar-refractivity contribution in [3.05, 3.63) is 36.0 Å². The Hall–Kier alpha value is -1.84. The molecule has 9 heteroatoms. The molecule has 0 radical (unpaired) electrons. The number of carbonyl (C=O) groups excluding carboxylic acids is 1. The average Bonchev–Trinajstić information content (AvgIpc) is 3.34. The first kappa shape index (κ1) is 30.4. The second-order valence-corrected chi connectivity index (χ2v) is 12.2. The van der Waals surface area contributed by atoms with E-state index in [2.05, 4.69) is 13.8 Å². The number of carboxylic acids is 1. The summed E-state index contributed by atoms with van der Waals surface area (Å²) in [6.07, 6.45) is 13.2. The van der Waals surface area contributed by atoms with E-state index >= 15 is 0 Å². The summed E-state index contributed by atoms with van der Waals surface area (Å²) < 4.78 is 23.0. The molecule has 0 saturated carbocycles. The van der Waals surface area contributed by atoms with Crippen LogP contribution in [0.25, 0.3) is 0 Å². The fourth-order valence-corrected chi connectivity index (χ4v) is 6.06. The van der Waals surface area contributed by atoms with Gasteiger partial charge in [0.1, 0.15) is 11.0 Å². The van der Waals surface area contributed by atoms with Gasteiger partial charge in [-0.15, -0.1) is 11.8 Å². The van der Waals surface area contributed by atoms with Crippen LogP contribution in [0.2, 0.25) is 0 Å². The molecular weight excluding hydrogens is 498 g/mol. The van der Waals surface area contributed by atoms with Gasteiger partial charge in [-0.3, -0.25) is 9.59 Å². The molecule has 3 atom stereocenters. The van der Waals surface area contributed by atoms with E-state index in [1.807, 2.05) is 42.2 Å². The van der Waals surface area contributed by atoms with E-state index in [4.69, 9.17) is 14.6 Å². The average molecular weight is 540 g/mol. The Morgan fingerprint density at radius 2 is 1.89 bits per heavy atom. The fraction of sp³-hybridized carbons (Fsp3) is 0.630. The summed E-state index contributed by atoms with van der Waals surface area (Å²) in [6.45, 7) is 6.21. The zero-order chi connectivity index (χ0) is 26.3. The SMILES string of the molecule is CCC(=O)O.CCCCCCCC[S+]([O-])C(C)Cc1ccc2c(c1)OCO2.O=C1C[C@H]2SCC=CN12. The summed E-state index contributed by atoms with van der Waals surface area (Å²) in [5.41, 5.74) is 1.17. The number of hydrogen-bond acceptors (Lipinski definition) is 6. The maximum absolute atomic E-state index is 12.3. The molecule has 0 bridgehead atoms. The first-order chi connectivity index (χ1) is 17.3. The summed E-state index contributed by atoms with van der Waals surface area (Å²) in [4.78, 5) is 21.9. The fourth-order valence-electron chi connectivity index (χ4n) is 3.76. The number of carbonyl (C=O) groups is 2. The van der Waals surface area contributed by atoms with Gasteiger partial charge in [0, 0.05) is 24.8 Å². The smallest absolute Gasteiger partial charge is 0.303 e. The summed E-state index contributed by atoms with van der Waals surface area (Å²) in [5.74, 6) is 3.04. The zero-order valence-corrected chi connectivity index (χ0v) is 23.4. The molecule has 7 nitrogen and oxygen atoms in total. The van der Waals surface area contributed by atoms with Crippen LogP contribution >= 0.6 is 11.8 Å². The molecule has 3 aliphatic heterocycles. The van der Waals surface area contributed by atoms with Gasteiger partial charge in [0.25, 0.3) is 0 Å². The molecule has 0 spiro atoms. The normalized spacial score (nSPS) is 18.6. The summed E-state index contributed by atoms with van der Waals surface area (Å²) >= 11 is 1.09. The van der Waals surface area contributed by atoms with E-state index in [-0.39, 0.29) is 17.6 Å². The lowest BCUT2D eigenvalue weighted by molar-refractivity contribution is -0.138. The number of fused-ring (bicyclic) bond motifs is 2. The lowest BCUT2D eigenvalue weighted by Crippen LogP contribution is -2.48. The maximum Gasteiger partial charge on any atom is 0.303 e. The molecule has 1 amide bonds. The highest BCUT2D eigenvalue weighted by Gasteiger charge is 2.35. The standard InChI is InChI=1S/C18H28O3S.C6H7NOS.C3H6O2/c1-3-4-5-6-7-8-11-22(19)15(2)12-16-9-10-17-18(13-16)21-14-20-17;8-5-4-6-7(5)2-1-3-9-6;1-2-3(4)5/h9-10,13,15H,3-8,11-12,14H2,1-2H3;1-2,6H,3-4H2;2H2,1H3,(H,4,5)/t;6-;/m.1./s1. The van der Waals surface area contributed by atoms with Gasteiger partial charge in [0.15, 0.2) is 11.5 Å². The van der Waals surface area contributed by atoms with E-state index < -0.39 is 17.1 Å². The molecule has 0 aromatic heterocycles. The molecule has 1 aromatic rings. The van der Waals surface area contributed by atoms with Gasteiger partial charge in [-0.2, -0.15) is 0 Å². The van der Waals surface area contributed by atoms with Crippen LogP contribution in [0.1, 0.15) is 77.7 Å². The molecule has 1 saturated heterocycles. The third-order valence-corrected chi connectivity index (χ3v) is 8.93. The van der Waals surface area contributed by atoms with Crippen molar-refractivity contribution in [3.8, 4) is 11.5 Å². The Morgan fingerprint density at radius 1 is 1.19 bits per heavy atom. The third-order valence-electron chi connectivity index (χ3n) is 6.01. The number of rotatable bonds is 11. The highest BCUT2D eigenvalue weighted by atomic mass is 32.2. The van der Waals surface area contributed by atoms with E-state index in [1.165, 1.54) is 37.7 Å². The molecule has 2 unspecified atom stereocenters. The minimum atomic E-state index is -0.745. The van der Waals surface area contributed by atoms with E-state index in [9.17, 15) is 14.1 Å². The molecule has 1 fully saturated rings. The number of aliphatic carboxylic acids is 1. The Balaban J connectivity index is 0.000000264. The van der Waals surface area contributed by atoms with Crippen molar-refractivity contribution >= 4 is 34.8 Å². The van der Waals surface area contributed by atoms with Crippen LogP contribution in [0.15, 0.2) is 30.5 Å². The summed E-state index contributed by atoms with van der Waals surface area (Å²) in [5, 5.41) is 8.39. The van der Waals surface area contributed by atoms with Crippen molar-refractivity contribution in [3.63, 3.8) is 0 Å². The molecule has 1 N–H and O–H groups in total. The molecule has 3 heterocycles. The molecule has 202 valence electrons. The first-order valence-electron chi connectivity index (χ1n) is 12.9. The quantitative estimate of drug-likeness (QED) is 0.217. The number of carboxylic acid groups (broad SMARTS) is 1. The Kier molecular flexibility index (Phi) is 14.2.